The molecule has 1 fully saturated rings. The van der Waals surface area contributed by atoms with Gasteiger partial charge in [0.25, 0.3) is 5.91 Å². The molecule has 0 saturated carbocycles. The van der Waals surface area contributed by atoms with Crippen LogP contribution in [0.15, 0.2) is 36.9 Å². The van der Waals surface area contributed by atoms with Crippen LogP contribution in [-0.2, 0) is 11.3 Å². The zero-order chi connectivity index (χ0) is 17.5. The third kappa shape index (κ3) is 4.73. The molecule has 1 aliphatic rings. The number of pyridine rings is 1. The minimum Gasteiger partial charge on any atom is -0.372 e. The van der Waals surface area contributed by atoms with Gasteiger partial charge in [-0.2, -0.15) is 0 Å². The average molecular weight is 341 g/mol. The lowest BCUT2D eigenvalue weighted by Gasteiger charge is -2.32. The van der Waals surface area contributed by atoms with Crippen LogP contribution in [0.4, 0.5) is 5.95 Å². The van der Waals surface area contributed by atoms with Crippen molar-refractivity contribution in [1.82, 2.24) is 19.9 Å². The molecule has 7 nitrogen and oxygen atoms in total. The number of hydrogen-bond donors (Lipinski definition) is 1. The minimum absolute atomic E-state index is 0.0415. The van der Waals surface area contributed by atoms with Crippen molar-refractivity contribution in [3.05, 3.63) is 48.0 Å². The zero-order valence-electron chi connectivity index (χ0n) is 14.4. The SMILES string of the molecule is CCNc1ncc(C(=O)N2CCCC(OCc3cccnc3)C2)cn1. The number of piperidine rings is 1. The molecule has 1 amide bonds. The van der Waals surface area contributed by atoms with Crippen LogP contribution in [0, 0.1) is 0 Å². The van der Waals surface area contributed by atoms with Crippen molar-refractivity contribution in [3.63, 3.8) is 0 Å². The lowest BCUT2D eigenvalue weighted by molar-refractivity contribution is -0.00683. The smallest absolute Gasteiger partial charge is 0.257 e. The number of carbonyl (C=O) groups excluding carboxylic acids is 1. The largest absolute Gasteiger partial charge is 0.372 e. The third-order valence-electron chi connectivity index (χ3n) is 4.11. The quantitative estimate of drug-likeness (QED) is 0.867. The van der Waals surface area contributed by atoms with Gasteiger partial charge in [0.05, 0.1) is 18.3 Å². The second kappa shape index (κ2) is 8.53. The Morgan fingerprint density at radius 2 is 2.20 bits per heavy atom. The van der Waals surface area contributed by atoms with Crippen molar-refractivity contribution in [2.75, 3.05) is 25.0 Å². The van der Waals surface area contributed by atoms with Gasteiger partial charge in [0.1, 0.15) is 0 Å². The topological polar surface area (TPSA) is 80.2 Å². The standard InChI is InChI=1S/C18H23N5O2/c1-2-20-18-21-10-15(11-22-18)17(24)23-8-4-6-16(12-23)25-13-14-5-3-7-19-9-14/h3,5,7,9-11,16H,2,4,6,8,12-13H2,1H3,(H,20,21,22). The fourth-order valence-electron chi connectivity index (χ4n) is 2.83. The van der Waals surface area contributed by atoms with Crippen LogP contribution in [0.5, 0.6) is 0 Å². The summed E-state index contributed by atoms with van der Waals surface area (Å²) >= 11 is 0. The number of nitrogens with one attached hydrogen (secondary N) is 1. The normalized spacial score (nSPS) is 17.3. The van der Waals surface area contributed by atoms with E-state index in [4.69, 9.17) is 4.74 Å². The molecule has 0 radical (unpaired) electrons. The molecule has 1 atom stereocenters. The lowest BCUT2D eigenvalue weighted by atomic mass is 10.1. The van der Waals surface area contributed by atoms with Gasteiger partial charge in [-0.1, -0.05) is 6.07 Å². The Bertz CT molecular complexity index is 678. The van der Waals surface area contributed by atoms with E-state index >= 15 is 0 Å². The van der Waals surface area contributed by atoms with Crippen LogP contribution >= 0.6 is 0 Å². The number of aromatic nitrogens is 3. The Balaban J connectivity index is 1.55. The first-order chi connectivity index (χ1) is 12.3. The summed E-state index contributed by atoms with van der Waals surface area (Å²) in [6.07, 6.45) is 8.63. The van der Waals surface area contributed by atoms with Crippen molar-refractivity contribution >= 4 is 11.9 Å². The van der Waals surface area contributed by atoms with Gasteiger partial charge in [-0.15, -0.1) is 0 Å². The number of ether oxygens (including phenoxy) is 1. The summed E-state index contributed by atoms with van der Waals surface area (Å²) in [6.45, 7) is 4.56. The van der Waals surface area contributed by atoms with E-state index in [2.05, 4.69) is 20.3 Å². The van der Waals surface area contributed by atoms with Crippen molar-refractivity contribution in [2.45, 2.75) is 32.5 Å². The van der Waals surface area contributed by atoms with Crippen molar-refractivity contribution in [3.8, 4) is 0 Å². The molecule has 0 aliphatic carbocycles. The lowest BCUT2D eigenvalue weighted by Crippen LogP contribution is -2.43. The van der Waals surface area contributed by atoms with Gasteiger partial charge >= 0.3 is 0 Å². The summed E-state index contributed by atoms with van der Waals surface area (Å²) in [5, 5.41) is 3.02. The highest BCUT2D eigenvalue weighted by atomic mass is 16.5. The predicted octanol–water partition coefficient (Wildman–Crippen LogP) is 2.12. The van der Waals surface area contributed by atoms with Crippen LogP contribution in [0.3, 0.4) is 0 Å². The zero-order valence-corrected chi connectivity index (χ0v) is 14.4. The van der Waals surface area contributed by atoms with Crippen LogP contribution in [0.1, 0.15) is 35.7 Å². The van der Waals surface area contributed by atoms with E-state index in [1.165, 1.54) is 0 Å². The Labute approximate surface area is 147 Å². The summed E-state index contributed by atoms with van der Waals surface area (Å²) in [5.74, 6) is 0.494. The van der Waals surface area contributed by atoms with Crippen molar-refractivity contribution in [2.24, 2.45) is 0 Å². The summed E-state index contributed by atoms with van der Waals surface area (Å²) in [6, 6.07) is 3.88. The molecule has 0 spiro atoms. The average Bonchev–Trinajstić information content (AvgIpc) is 2.68. The first kappa shape index (κ1) is 17.3. The summed E-state index contributed by atoms with van der Waals surface area (Å²) in [4.78, 5) is 26.9. The van der Waals surface area contributed by atoms with Crippen LogP contribution in [-0.4, -0.2) is 51.5 Å². The molecule has 25 heavy (non-hydrogen) atoms. The molecule has 0 aromatic carbocycles. The van der Waals surface area contributed by atoms with E-state index in [0.29, 0.717) is 24.7 Å². The first-order valence-electron chi connectivity index (χ1n) is 8.62. The van der Waals surface area contributed by atoms with Gasteiger partial charge in [0, 0.05) is 44.4 Å². The van der Waals surface area contributed by atoms with Gasteiger partial charge in [-0.25, -0.2) is 9.97 Å². The van der Waals surface area contributed by atoms with Gasteiger partial charge in [0.2, 0.25) is 5.95 Å². The molecular weight excluding hydrogens is 318 g/mol. The van der Waals surface area contributed by atoms with Crippen LogP contribution in [0.2, 0.25) is 0 Å². The van der Waals surface area contributed by atoms with E-state index in [-0.39, 0.29) is 12.0 Å². The Hall–Kier alpha value is -2.54. The Morgan fingerprint density at radius 1 is 1.36 bits per heavy atom. The Kier molecular flexibility index (Phi) is 5.90. The molecule has 3 heterocycles. The highest BCUT2D eigenvalue weighted by Gasteiger charge is 2.25. The van der Waals surface area contributed by atoms with Gasteiger partial charge < -0.3 is 15.0 Å². The number of rotatable bonds is 6. The third-order valence-corrected chi connectivity index (χ3v) is 4.11. The van der Waals surface area contributed by atoms with E-state index in [1.807, 2.05) is 24.0 Å². The summed E-state index contributed by atoms with van der Waals surface area (Å²) in [5.41, 5.74) is 1.55. The number of nitrogens with zero attached hydrogens (tertiary/aromatic N) is 4. The number of carbonyl (C=O) groups is 1. The maximum Gasteiger partial charge on any atom is 0.257 e. The minimum atomic E-state index is -0.0438. The predicted molar refractivity (Wildman–Crippen MR) is 94.1 cm³/mol. The Morgan fingerprint density at radius 3 is 2.92 bits per heavy atom. The number of hydrogen-bond acceptors (Lipinski definition) is 6. The van der Waals surface area contributed by atoms with E-state index in [0.717, 1.165) is 31.5 Å². The molecular formula is C18H23N5O2. The fraction of sp³-hybridized carbons (Fsp3) is 0.444. The molecule has 0 bridgehead atoms. The molecule has 2 aromatic rings. The van der Waals surface area contributed by atoms with Crippen LogP contribution in [0.25, 0.3) is 0 Å². The molecule has 1 unspecified atom stereocenters. The summed E-state index contributed by atoms with van der Waals surface area (Å²) < 4.78 is 5.96. The molecule has 7 heteroatoms. The van der Waals surface area contributed by atoms with E-state index in [1.54, 1.807) is 24.8 Å². The molecule has 1 saturated heterocycles. The molecule has 3 rings (SSSR count). The summed E-state index contributed by atoms with van der Waals surface area (Å²) in [7, 11) is 0. The van der Waals surface area contributed by atoms with Crippen LogP contribution < -0.4 is 5.32 Å². The van der Waals surface area contributed by atoms with E-state index < -0.39 is 0 Å². The molecule has 1 aliphatic heterocycles. The number of amides is 1. The number of anilines is 1. The van der Waals surface area contributed by atoms with Crippen molar-refractivity contribution in [1.29, 1.82) is 0 Å². The van der Waals surface area contributed by atoms with Gasteiger partial charge in [0.15, 0.2) is 0 Å². The maximum atomic E-state index is 12.6. The molecule has 2 aromatic heterocycles. The number of likely N-dealkylation sites (tertiary alicyclic amines) is 1. The molecule has 132 valence electrons. The highest BCUT2D eigenvalue weighted by molar-refractivity contribution is 5.93. The van der Waals surface area contributed by atoms with Gasteiger partial charge in [-0.3, -0.25) is 9.78 Å². The second-order valence-corrected chi connectivity index (χ2v) is 6.01. The first-order valence-corrected chi connectivity index (χ1v) is 8.62. The van der Waals surface area contributed by atoms with Crippen molar-refractivity contribution < 1.29 is 9.53 Å². The molecule has 1 N–H and O–H groups in total. The monoisotopic (exact) mass is 341 g/mol. The highest BCUT2D eigenvalue weighted by Crippen LogP contribution is 2.17. The van der Waals surface area contributed by atoms with E-state index in [9.17, 15) is 4.79 Å². The van der Waals surface area contributed by atoms with Gasteiger partial charge in [-0.05, 0) is 31.4 Å². The second-order valence-electron chi connectivity index (χ2n) is 6.01. The maximum absolute atomic E-state index is 12.6. The fourth-order valence-corrected chi connectivity index (χ4v) is 2.83.